The summed E-state index contributed by atoms with van der Waals surface area (Å²) in [5.41, 5.74) is 2.65. The first-order chi connectivity index (χ1) is 9.02. The van der Waals surface area contributed by atoms with E-state index in [4.69, 9.17) is 16.3 Å². The van der Waals surface area contributed by atoms with E-state index in [1.54, 1.807) is 19.1 Å². The van der Waals surface area contributed by atoms with Crippen molar-refractivity contribution in [1.82, 2.24) is 10.2 Å². The molecule has 0 saturated carbocycles. The molecule has 1 heterocycles. The van der Waals surface area contributed by atoms with Crippen LogP contribution in [0.25, 0.3) is 0 Å². The Morgan fingerprint density at radius 3 is 2.74 bits per heavy atom. The molecule has 0 aliphatic carbocycles. The second-order valence-electron chi connectivity index (χ2n) is 4.16. The van der Waals surface area contributed by atoms with Gasteiger partial charge in [-0.2, -0.15) is 5.10 Å². The van der Waals surface area contributed by atoms with Crippen molar-refractivity contribution >= 4 is 23.2 Å². The molecule has 0 spiro atoms. The van der Waals surface area contributed by atoms with Gasteiger partial charge in [-0.15, -0.1) is 0 Å². The highest BCUT2D eigenvalue weighted by Gasteiger charge is 2.14. The van der Waals surface area contributed by atoms with E-state index in [0.717, 1.165) is 5.56 Å². The monoisotopic (exact) mass is 279 g/mol. The molecule has 1 amide bonds. The first-order valence-electron chi connectivity index (χ1n) is 5.68. The quantitative estimate of drug-likeness (QED) is 0.908. The molecule has 0 fully saturated rings. The van der Waals surface area contributed by atoms with E-state index in [2.05, 4.69) is 15.5 Å². The fraction of sp³-hybridized carbons (Fsp3) is 0.231. The third-order valence-corrected chi connectivity index (χ3v) is 3.21. The van der Waals surface area contributed by atoms with Crippen molar-refractivity contribution in [2.45, 2.75) is 13.8 Å². The van der Waals surface area contributed by atoms with Crippen LogP contribution in [0.2, 0.25) is 5.02 Å². The molecule has 1 aromatic heterocycles. The largest absolute Gasteiger partial charge is 0.495 e. The van der Waals surface area contributed by atoms with Gasteiger partial charge in [0.1, 0.15) is 5.75 Å². The zero-order valence-electron chi connectivity index (χ0n) is 10.9. The molecule has 6 heteroatoms. The predicted molar refractivity (Wildman–Crippen MR) is 74.0 cm³/mol. The Labute approximate surface area is 115 Å². The normalized spacial score (nSPS) is 10.3. The lowest BCUT2D eigenvalue weighted by Gasteiger charge is -2.12. The molecule has 100 valence electrons. The third-order valence-electron chi connectivity index (χ3n) is 2.80. The van der Waals surface area contributed by atoms with Crippen LogP contribution >= 0.6 is 11.6 Å². The molecule has 0 radical (unpaired) electrons. The number of hydrogen-bond acceptors (Lipinski definition) is 3. The minimum atomic E-state index is -0.244. The average molecular weight is 280 g/mol. The maximum absolute atomic E-state index is 12.1. The summed E-state index contributed by atoms with van der Waals surface area (Å²) in [7, 11) is 1.53. The highest BCUT2D eigenvalue weighted by Crippen LogP contribution is 2.31. The van der Waals surface area contributed by atoms with Crippen molar-refractivity contribution < 1.29 is 9.53 Å². The maximum atomic E-state index is 12.1. The number of nitrogens with one attached hydrogen (secondary N) is 2. The van der Waals surface area contributed by atoms with Gasteiger partial charge in [-0.05, 0) is 25.5 Å². The lowest BCUT2D eigenvalue weighted by molar-refractivity contribution is 0.102. The first kappa shape index (κ1) is 13.4. The van der Waals surface area contributed by atoms with E-state index in [9.17, 15) is 4.79 Å². The van der Waals surface area contributed by atoms with Gasteiger partial charge in [0, 0.05) is 16.8 Å². The van der Waals surface area contributed by atoms with Crippen LogP contribution < -0.4 is 10.1 Å². The molecule has 0 atom stereocenters. The van der Waals surface area contributed by atoms with Crippen molar-refractivity contribution in [1.29, 1.82) is 0 Å². The second kappa shape index (κ2) is 5.32. The number of ether oxygens (including phenoxy) is 1. The van der Waals surface area contributed by atoms with Crippen LogP contribution in [-0.4, -0.2) is 23.2 Å². The van der Waals surface area contributed by atoms with E-state index in [0.29, 0.717) is 27.7 Å². The van der Waals surface area contributed by atoms with Crippen molar-refractivity contribution in [3.05, 3.63) is 40.2 Å². The lowest BCUT2D eigenvalue weighted by atomic mass is 10.2. The maximum Gasteiger partial charge on any atom is 0.259 e. The number of aromatic amines is 1. The summed E-state index contributed by atoms with van der Waals surface area (Å²) in [6.45, 7) is 3.65. The number of rotatable bonds is 3. The Hall–Kier alpha value is -2.01. The molecule has 0 saturated heterocycles. The second-order valence-corrected chi connectivity index (χ2v) is 4.57. The molecular weight excluding hydrogens is 266 g/mol. The van der Waals surface area contributed by atoms with E-state index in [-0.39, 0.29) is 5.91 Å². The lowest BCUT2D eigenvalue weighted by Crippen LogP contribution is -2.13. The molecule has 0 aliphatic heterocycles. The summed E-state index contributed by atoms with van der Waals surface area (Å²) in [4.78, 5) is 12.1. The van der Waals surface area contributed by atoms with Gasteiger partial charge in [0.25, 0.3) is 5.91 Å². The zero-order chi connectivity index (χ0) is 14.0. The van der Waals surface area contributed by atoms with Crippen molar-refractivity contribution in [2.24, 2.45) is 0 Å². The minimum Gasteiger partial charge on any atom is -0.495 e. The molecule has 2 aromatic rings. The molecule has 0 unspecified atom stereocenters. The Bertz CT molecular complexity index is 622. The van der Waals surface area contributed by atoms with Gasteiger partial charge >= 0.3 is 0 Å². The molecule has 2 rings (SSSR count). The standard InChI is InChI=1S/C13H14ClN3O2/c1-7-4-11(12(19-3)5-10(7)14)16-13(18)9-6-15-17-8(9)2/h4-6H,1-3H3,(H,15,17)(H,16,18). The summed E-state index contributed by atoms with van der Waals surface area (Å²) in [5.74, 6) is 0.274. The summed E-state index contributed by atoms with van der Waals surface area (Å²) >= 11 is 6.02. The summed E-state index contributed by atoms with van der Waals surface area (Å²) < 4.78 is 5.21. The third kappa shape index (κ3) is 2.71. The molecule has 0 bridgehead atoms. The molecule has 19 heavy (non-hydrogen) atoms. The number of benzene rings is 1. The first-order valence-corrected chi connectivity index (χ1v) is 6.06. The fourth-order valence-corrected chi connectivity index (χ4v) is 1.85. The van der Waals surface area contributed by atoms with Crippen LogP contribution in [0.15, 0.2) is 18.3 Å². The smallest absolute Gasteiger partial charge is 0.259 e. The number of amides is 1. The predicted octanol–water partition coefficient (Wildman–Crippen LogP) is 2.94. The highest BCUT2D eigenvalue weighted by molar-refractivity contribution is 6.31. The Morgan fingerprint density at radius 1 is 1.42 bits per heavy atom. The fourth-order valence-electron chi connectivity index (χ4n) is 1.70. The van der Waals surface area contributed by atoms with Crippen LogP contribution in [0.5, 0.6) is 5.75 Å². The minimum absolute atomic E-state index is 0.244. The number of halogens is 1. The van der Waals surface area contributed by atoms with Gasteiger partial charge in [-0.25, -0.2) is 0 Å². The Balaban J connectivity index is 2.31. The summed E-state index contributed by atoms with van der Waals surface area (Å²) in [5, 5.41) is 9.92. The molecular formula is C13H14ClN3O2. The van der Waals surface area contributed by atoms with E-state index >= 15 is 0 Å². The molecule has 0 aliphatic rings. The van der Waals surface area contributed by atoms with E-state index in [1.165, 1.54) is 13.3 Å². The van der Waals surface area contributed by atoms with Crippen LogP contribution in [0.1, 0.15) is 21.6 Å². The SMILES string of the molecule is COc1cc(Cl)c(C)cc1NC(=O)c1cn[nH]c1C. The summed E-state index contributed by atoms with van der Waals surface area (Å²) in [6, 6.07) is 3.45. The topological polar surface area (TPSA) is 67.0 Å². The van der Waals surface area contributed by atoms with Crippen molar-refractivity contribution in [3.8, 4) is 5.75 Å². The van der Waals surface area contributed by atoms with Gasteiger partial charge in [0.15, 0.2) is 0 Å². The number of aromatic nitrogens is 2. The van der Waals surface area contributed by atoms with Crippen LogP contribution in [0.4, 0.5) is 5.69 Å². The van der Waals surface area contributed by atoms with E-state index < -0.39 is 0 Å². The van der Waals surface area contributed by atoms with Crippen molar-refractivity contribution in [2.75, 3.05) is 12.4 Å². The zero-order valence-corrected chi connectivity index (χ0v) is 11.6. The van der Waals surface area contributed by atoms with Crippen LogP contribution in [0, 0.1) is 13.8 Å². The molecule has 1 aromatic carbocycles. The average Bonchev–Trinajstić information content (AvgIpc) is 2.79. The summed E-state index contributed by atoms with van der Waals surface area (Å²) in [6.07, 6.45) is 1.49. The van der Waals surface area contributed by atoms with Crippen LogP contribution in [0.3, 0.4) is 0 Å². The van der Waals surface area contributed by atoms with Gasteiger partial charge < -0.3 is 10.1 Å². The van der Waals surface area contributed by atoms with Gasteiger partial charge in [-0.3, -0.25) is 9.89 Å². The Morgan fingerprint density at radius 2 is 2.16 bits per heavy atom. The van der Waals surface area contributed by atoms with Gasteiger partial charge in [0.05, 0.1) is 24.6 Å². The number of methoxy groups -OCH3 is 1. The van der Waals surface area contributed by atoms with E-state index in [1.807, 2.05) is 6.92 Å². The number of carbonyl (C=O) groups is 1. The van der Waals surface area contributed by atoms with Crippen LogP contribution in [-0.2, 0) is 0 Å². The number of carbonyl (C=O) groups excluding carboxylic acids is 1. The van der Waals surface area contributed by atoms with Gasteiger partial charge in [0.2, 0.25) is 0 Å². The number of nitrogens with zero attached hydrogens (tertiary/aromatic N) is 1. The highest BCUT2D eigenvalue weighted by atomic mass is 35.5. The van der Waals surface area contributed by atoms with Crippen molar-refractivity contribution in [3.63, 3.8) is 0 Å². The molecule has 5 nitrogen and oxygen atoms in total. The molecule has 2 N–H and O–H groups in total. The number of anilines is 1. The Kier molecular flexibility index (Phi) is 3.76. The number of aryl methyl sites for hydroxylation is 2. The number of H-pyrrole nitrogens is 1. The number of hydrogen-bond donors (Lipinski definition) is 2. The van der Waals surface area contributed by atoms with Gasteiger partial charge in [-0.1, -0.05) is 11.6 Å².